The van der Waals surface area contributed by atoms with Crippen LogP contribution in [0.3, 0.4) is 0 Å². The maximum atomic E-state index is 11.7. The fraction of sp³-hybridized carbons (Fsp3) is 0.625. The van der Waals surface area contributed by atoms with Crippen LogP contribution >= 0.6 is 0 Å². The van der Waals surface area contributed by atoms with E-state index < -0.39 is 5.60 Å². The first kappa shape index (κ1) is 17.4. The maximum absolute atomic E-state index is 11.7. The molecular formula is C16H27N3O2. The molecule has 0 saturated carbocycles. The van der Waals surface area contributed by atoms with Gasteiger partial charge < -0.3 is 15.4 Å². The Morgan fingerprint density at radius 3 is 2.57 bits per heavy atom. The van der Waals surface area contributed by atoms with Gasteiger partial charge in [-0.15, -0.1) is 0 Å². The summed E-state index contributed by atoms with van der Waals surface area (Å²) < 4.78 is 5.24. The normalized spacial score (nSPS) is 12.8. The zero-order valence-corrected chi connectivity index (χ0v) is 13.5. The van der Waals surface area contributed by atoms with Crippen LogP contribution in [0.15, 0.2) is 24.5 Å². The van der Waals surface area contributed by atoms with E-state index in [0.717, 1.165) is 19.4 Å². The van der Waals surface area contributed by atoms with Crippen molar-refractivity contribution in [1.82, 2.24) is 15.6 Å². The number of pyridine rings is 1. The number of hydrogen-bond acceptors (Lipinski definition) is 4. The van der Waals surface area contributed by atoms with E-state index in [-0.39, 0.29) is 12.1 Å². The molecule has 0 saturated heterocycles. The Bertz CT molecular complexity index is 415. The van der Waals surface area contributed by atoms with Crippen LogP contribution in [0.2, 0.25) is 0 Å². The molecule has 118 valence electrons. The lowest BCUT2D eigenvalue weighted by Gasteiger charge is -2.22. The highest BCUT2D eigenvalue weighted by Crippen LogP contribution is 2.06. The van der Waals surface area contributed by atoms with Crippen molar-refractivity contribution in [1.29, 1.82) is 0 Å². The predicted molar refractivity (Wildman–Crippen MR) is 84.0 cm³/mol. The Hall–Kier alpha value is -1.62. The molecule has 1 unspecified atom stereocenters. The molecule has 1 rings (SSSR count). The van der Waals surface area contributed by atoms with Crippen molar-refractivity contribution in [2.75, 3.05) is 6.54 Å². The van der Waals surface area contributed by atoms with Gasteiger partial charge in [0, 0.05) is 31.5 Å². The summed E-state index contributed by atoms with van der Waals surface area (Å²) in [5, 5.41) is 6.28. The molecule has 0 fully saturated rings. The zero-order valence-electron chi connectivity index (χ0n) is 13.5. The lowest BCUT2D eigenvalue weighted by Crippen LogP contribution is -2.42. The van der Waals surface area contributed by atoms with Gasteiger partial charge in [-0.25, -0.2) is 4.79 Å². The number of ether oxygens (including phenoxy) is 1. The van der Waals surface area contributed by atoms with E-state index in [9.17, 15) is 4.79 Å². The monoisotopic (exact) mass is 293 g/mol. The number of hydrogen-bond donors (Lipinski definition) is 2. The fourth-order valence-electron chi connectivity index (χ4n) is 1.91. The molecule has 0 spiro atoms. The van der Waals surface area contributed by atoms with E-state index in [0.29, 0.717) is 6.54 Å². The number of rotatable bonds is 7. The first-order valence-electron chi connectivity index (χ1n) is 7.50. The third kappa shape index (κ3) is 8.30. The van der Waals surface area contributed by atoms with Crippen molar-refractivity contribution in [3.05, 3.63) is 30.1 Å². The van der Waals surface area contributed by atoms with Crippen LogP contribution in [0, 0.1) is 0 Å². The minimum atomic E-state index is -0.463. The third-order valence-corrected chi connectivity index (χ3v) is 2.87. The summed E-state index contributed by atoms with van der Waals surface area (Å²) in [6.45, 7) is 9.04. The lowest BCUT2D eigenvalue weighted by atomic mass is 10.1. The summed E-state index contributed by atoms with van der Waals surface area (Å²) in [6.07, 6.45) is 5.26. The molecule has 0 aliphatic carbocycles. The second-order valence-corrected chi connectivity index (χ2v) is 6.10. The minimum Gasteiger partial charge on any atom is -0.444 e. The molecule has 1 aromatic rings. The molecule has 5 heteroatoms. The summed E-state index contributed by atoms with van der Waals surface area (Å²) in [4.78, 5) is 15.7. The number of nitrogens with zero attached hydrogens (tertiary/aromatic N) is 1. The highest BCUT2D eigenvalue weighted by Gasteiger charge is 2.17. The van der Waals surface area contributed by atoms with Gasteiger partial charge in [0.2, 0.25) is 0 Å². The van der Waals surface area contributed by atoms with Crippen molar-refractivity contribution in [3.8, 4) is 0 Å². The second-order valence-electron chi connectivity index (χ2n) is 6.10. The molecular weight excluding hydrogens is 266 g/mol. The average Bonchev–Trinajstić information content (AvgIpc) is 2.41. The Morgan fingerprint density at radius 1 is 1.33 bits per heavy atom. The van der Waals surface area contributed by atoms with Gasteiger partial charge in [-0.3, -0.25) is 4.98 Å². The minimum absolute atomic E-state index is 0.232. The Morgan fingerprint density at radius 2 is 2.00 bits per heavy atom. The summed E-state index contributed by atoms with van der Waals surface area (Å²) in [5.74, 6) is 0. The van der Waals surface area contributed by atoms with E-state index in [1.807, 2.05) is 32.9 Å². The second kappa shape index (κ2) is 8.62. The van der Waals surface area contributed by atoms with Gasteiger partial charge in [0.15, 0.2) is 0 Å². The zero-order chi connectivity index (χ0) is 15.7. The molecule has 0 aliphatic rings. The number of nitrogens with one attached hydrogen (secondary N) is 2. The van der Waals surface area contributed by atoms with Crippen molar-refractivity contribution in [3.63, 3.8) is 0 Å². The smallest absolute Gasteiger partial charge is 0.407 e. The van der Waals surface area contributed by atoms with E-state index in [4.69, 9.17) is 4.74 Å². The van der Waals surface area contributed by atoms with E-state index in [2.05, 4.69) is 22.5 Å². The highest BCUT2D eigenvalue weighted by molar-refractivity contribution is 5.67. The van der Waals surface area contributed by atoms with Crippen LogP contribution in [-0.2, 0) is 11.3 Å². The topological polar surface area (TPSA) is 63.2 Å². The van der Waals surface area contributed by atoms with Crippen molar-refractivity contribution >= 4 is 6.09 Å². The van der Waals surface area contributed by atoms with Crippen LogP contribution in [0.4, 0.5) is 4.79 Å². The third-order valence-electron chi connectivity index (χ3n) is 2.87. The summed E-state index contributed by atoms with van der Waals surface area (Å²) in [7, 11) is 0. The van der Waals surface area contributed by atoms with Crippen molar-refractivity contribution in [2.24, 2.45) is 0 Å². The predicted octanol–water partition coefficient (Wildman–Crippen LogP) is 2.86. The van der Waals surface area contributed by atoms with Crippen LogP contribution in [0.5, 0.6) is 0 Å². The molecule has 0 bridgehead atoms. The van der Waals surface area contributed by atoms with Gasteiger partial charge in [-0.05, 0) is 44.9 Å². The quantitative estimate of drug-likeness (QED) is 0.811. The van der Waals surface area contributed by atoms with Gasteiger partial charge in [0.1, 0.15) is 5.60 Å². The number of aromatic nitrogens is 1. The molecule has 21 heavy (non-hydrogen) atoms. The van der Waals surface area contributed by atoms with Crippen LogP contribution in [0.25, 0.3) is 0 Å². The van der Waals surface area contributed by atoms with Gasteiger partial charge in [0.25, 0.3) is 0 Å². The standard InChI is InChI=1S/C16H27N3O2/c1-5-6-14(12-19-15(20)21-16(2,3)4)18-11-13-7-9-17-10-8-13/h7-10,14,18H,5-6,11-12H2,1-4H3,(H,19,20). The molecule has 0 aliphatic heterocycles. The molecule has 5 nitrogen and oxygen atoms in total. The molecule has 0 radical (unpaired) electrons. The van der Waals surface area contributed by atoms with Gasteiger partial charge in [-0.2, -0.15) is 0 Å². The molecule has 1 heterocycles. The van der Waals surface area contributed by atoms with E-state index in [1.54, 1.807) is 12.4 Å². The molecule has 1 amide bonds. The largest absolute Gasteiger partial charge is 0.444 e. The summed E-state index contributed by atoms with van der Waals surface area (Å²) >= 11 is 0. The maximum Gasteiger partial charge on any atom is 0.407 e. The van der Waals surface area contributed by atoms with Crippen LogP contribution in [-0.4, -0.2) is 29.3 Å². The van der Waals surface area contributed by atoms with Crippen LogP contribution < -0.4 is 10.6 Å². The Balaban J connectivity index is 2.37. The molecule has 0 aromatic carbocycles. The summed E-state index contributed by atoms with van der Waals surface area (Å²) in [5.41, 5.74) is 0.720. The van der Waals surface area contributed by atoms with E-state index in [1.165, 1.54) is 5.56 Å². The lowest BCUT2D eigenvalue weighted by molar-refractivity contribution is 0.0521. The average molecular weight is 293 g/mol. The highest BCUT2D eigenvalue weighted by atomic mass is 16.6. The first-order chi connectivity index (χ1) is 9.90. The Labute approximate surface area is 127 Å². The summed E-state index contributed by atoms with van der Waals surface area (Å²) in [6, 6.07) is 4.20. The number of carbonyl (C=O) groups is 1. The van der Waals surface area contributed by atoms with Gasteiger partial charge in [0.05, 0.1) is 0 Å². The SMILES string of the molecule is CCCC(CNC(=O)OC(C)(C)C)NCc1ccncc1. The molecule has 2 N–H and O–H groups in total. The first-order valence-corrected chi connectivity index (χ1v) is 7.50. The van der Waals surface area contributed by atoms with Gasteiger partial charge >= 0.3 is 6.09 Å². The van der Waals surface area contributed by atoms with Crippen molar-refractivity contribution in [2.45, 2.75) is 58.7 Å². The molecule has 1 aromatic heterocycles. The number of amides is 1. The van der Waals surface area contributed by atoms with Crippen molar-refractivity contribution < 1.29 is 9.53 Å². The van der Waals surface area contributed by atoms with E-state index >= 15 is 0 Å². The van der Waals surface area contributed by atoms with Gasteiger partial charge in [-0.1, -0.05) is 13.3 Å². The number of alkyl carbamates (subject to hydrolysis) is 1. The fourth-order valence-corrected chi connectivity index (χ4v) is 1.91. The molecule has 1 atom stereocenters. The Kier molecular flexibility index (Phi) is 7.15. The number of carbonyl (C=O) groups excluding carboxylic acids is 1. The van der Waals surface area contributed by atoms with Crippen LogP contribution in [0.1, 0.15) is 46.1 Å².